The molecule has 16 heteroatoms. The molecule has 0 bridgehead atoms. The van der Waals surface area contributed by atoms with Crippen molar-refractivity contribution in [1.82, 2.24) is 15.0 Å². The fraction of sp³-hybridized carbons (Fsp3) is 0.281. The number of rotatable bonds is 11. The number of aromatic nitrogens is 2. The molecule has 252 valence electrons. The predicted octanol–water partition coefficient (Wildman–Crippen LogP) is 0.350. The van der Waals surface area contributed by atoms with Gasteiger partial charge in [-0.15, -0.1) is 0 Å². The van der Waals surface area contributed by atoms with Crippen molar-refractivity contribution in [2.75, 3.05) is 20.3 Å². The molecule has 0 amide bonds. The van der Waals surface area contributed by atoms with Gasteiger partial charge in [0.25, 0.3) is 0 Å². The second kappa shape index (κ2) is 13.0. The van der Waals surface area contributed by atoms with E-state index in [4.69, 9.17) is 23.5 Å². The summed E-state index contributed by atoms with van der Waals surface area (Å²) in [6.45, 7) is -1.80. The maximum atomic E-state index is 13.3. The molecule has 1 saturated heterocycles. The third-order valence-electron chi connectivity index (χ3n) is 8.07. The van der Waals surface area contributed by atoms with Gasteiger partial charge in [-0.3, -0.25) is 10.1 Å². The Bertz CT molecular complexity index is 1970. The van der Waals surface area contributed by atoms with E-state index in [2.05, 4.69) is 10.3 Å². The Morgan fingerprint density at radius 2 is 1.92 bits per heavy atom. The maximum absolute atomic E-state index is 13.3. The van der Waals surface area contributed by atoms with Crippen molar-refractivity contribution in [1.29, 1.82) is 0 Å². The van der Waals surface area contributed by atoms with E-state index in [0.717, 1.165) is 5.39 Å². The van der Waals surface area contributed by atoms with E-state index in [0.29, 0.717) is 11.1 Å². The number of hydrogen-bond donors (Lipinski definition) is 7. The summed E-state index contributed by atoms with van der Waals surface area (Å²) >= 11 is 0. The van der Waals surface area contributed by atoms with Crippen LogP contribution >= 0.6 is 0 Å². The fourth-order valence-corrected chi connectivity index (χ4v) is 5.45. The number of nitrogens with one attached hydrogen (secondary N) is 2. The van der Waals surface area contributed by atoms with Crippen LogP contribution in [0.2, 0.25) is 0 Å². The third kappa shape index (κ3) is 6.05. The lowest BCUT2D eigenvalue weighted by atomic mass is 9.84. The van der Waals surface area contributed by atoms with Gasteiger partial charge >= 0.3 is 11.9 Å². The van der Waals surface area contributed by atoms with E-state index in [-0.39, 0.29) is 33.5 Å². The number of carboxylic acid groups (broad SMARTS) is 1. The second-order valence-electron chi connectivity index (χ2n) is 11.1. The minimum Gasteiger partial charge on any atom is -0.508 e. The smallest absolute Gasteiger partial charge is 0.334 e. The lowest BCUT2D eigenvalue weighted by molar-refractivity contribution is -0.328. The van der Waals surface area contributed by atoms with E-state index >= 15 is 0 Å². The summed E-state index contributed by atoms with van der Waals surface area (Å²) in [6.07, 6.45) is -0.595. The number of H-pyrrole nitrogens is 1. The number of esters is 1. The number of aliphatic hydroxyl groups excluding tert-OH is 2. The molecule has 48 heavy (non-hydrogen) atoms. The van der Waals surface area contributed by atoms with E-state index in [9.17, 15) is 39.9 Å². The Hall–Kier alpha value is -5.39. The number of ether oxygens (including phenoxy) is 3. The molecule has 1 aliphatic rings. The number of carboxylic acids is 1. The van der Waals surface area contributed by atoms with Crippen LogP contribution in [0.25, 0.3) is 33.0 Å². The highest BCUT2D eigenvalue weighted by Gasteiger charge is 2.59. The topological polar surface area (TPSA) is 235 Å². The molecule has 0 saturated carbocycles. The zero-order valence-corrected chi connectivity index (χ0v) is 25.2. The Labute approximate surface area is 270 Å². The molecule has 4 heterocycles. The number of likely N-dealkylation sites (N-methyl/N-ethyl adjacent to an activating group) is 1. The molecule has 7 N–H and O–H groups in total. The standard InChI is InChI=1S/C32H31N3O13/c1-33-25(29(40)41)30(42)45-14-24-27(39)32(43,15-36)28(48-35-11-17-8-9-34-22(17)12-35)31(47-24)46-19-6-7-20-23(10-19)44-13-21(26(20)38)16-2-4-18(37)5-3-16/h2-13,24-25,27-28,31,33-34,36-37,39,43H,14-15H2,1H3,(H,40,41). The van der Waals surface area contributed by atoms with E-state index in [1.807, 2.05) is 0 Å². The molecule has 1 aliphatic heterocycles. The summed E-state index contributed by atoms with van der Waals surface area (Å²) < 4.78 is 24.1. The van der Waals surface area contributed by atoms with Crippen LogP contribution < -0.4 is 20.3 Å². The second-order valence-corrected chi connectivity index (χ2v) is 11.1. The van der Waals surface area contributed by atoms with Crippen molar-refractivity contribution in [2.24, 2.45) is 0 Å². The Kier molecular flexibility index (Phi) is 8.83. The number of aromatic hydroxyl groups is 1. The summed E-state index contributed by atoms with van der Waals surface area (Å²) in [5, 5.41) is 55.3. The molecular weight excluding hydrogens is 634 g/mol. The molecule has 3 aromatic heterocycles. The molecule has 2 aromatic carbocycles. The highest BCUT2D eigenvalue weighted by molar-refractivity contribution is 5.98. The number of phenols is 1. The molecule has 6 unspecified atom stereocenters. The maximum Gasteiger partial charge on any atom is 0.334 e. The van der Waals surface area contributed by atoms with Gasteiger partial charge in [-0.2, -0.15) is 4.73 Å². The summed E-state index contributed by atoms with van der Waals surface area (Å²) in [6, 6.07) is 10.3. The van der Waals surface area contributed by atoms with Crippen molar-refractivity contribution in [3.63, 3.8) is 0 Å². The van der Waals surface area contributed by atoms with Gasteiger partial charge in [0.2, 0.25) is 18.4 Å². The summed E-state index contributed by atoms with van der Waals surface area (Å²) in [5.74, 6) is -2.59. The number of aliphatic carboxylic acids is 1. The van der Waals surface area contributed by atoms with Crippen molar-refractivity contribution >= 4 is 33.8 Å². The lowest BCUT2D eigenvalue weighted by Gasteiger charge is -2.48. The number of fused-ring (bicyclic) bond motifs is 2. The van der Waals surface area contributed by atoms with Gasteiger partial charge in [-0.25, -0.2) is 9.59 Å². The Morgan fingerprint density at radius 3 is 2.60 bits per heavy atom. The SMILES string of the molecule is CNC(C(=O)O)C(=O)OCC1OC(Oc2ccc3c(=O)c(-c4ccc(O)cc4)coc3c2)C(On2cc3cc[nH]c3c2)C(O)(CO)C1O. The predicted molar refractivity (Wildman–Crippen MR) is 165 cm³/mol. The van der Waals surface area contributed by atoms with Crippen LogP contribution in [0.4, 0.5) is 0 Å². The number of carbonyl (C=O) groups excluding carboxylic acids is 1. The molecule has 0 aliphatic carbocycles. The monoisotopic (exact) mass is 665 g/mol. The molecule has 0 radical (unpaired) electrons. The summed E-state index contributed by atoms with van der Waals surface area (Å²) in [7, 11) is 1.24. The summed E-state index contributed by atoms with van der Waals surface area (Å²) in [5.41, 5.74) is -1.24. The first-order chi connectivity index (χ1) is 23.0. The van der Waals surface area contributed by atoms with Crippen molar-refractivity contribution in [3.8, 4) is 22.6 Å². The number of hydrogen-bond acceptors (Lipinski definition) is 13. The van der Waals surface area contributed by atoms with Crippen molar-refractivity contribution in [3.05, 3.63) is 83.6 Å². The van der Waals surface area contributed by atoms with Crippen molar-refractivity contribution in [2.45, 2.75) is 36.2 Å². The van der Waals surface area contributed by atoms with Gasteiger partial charge in [0, 0.05) is 17.6 Å². The zero-order valence-electron chi connectivity index (χ0n) is 25.2. The van der Waals surface area contributed by atoms with Gasteiger partial charge in [-0.05, 0) is 42.9 Å². The van der Waals surface area contributed by atoms with Crippen LogP contribution in [0.5, 0.6) is 11.5 Å². The van der Waals surface area contributed by atoms with E-state index < -0.39 is 61.4 Å². The van der Waals surface area contributed by atoms with Crippen LogP contribution in [-0.2, 0) is 19.1 Å². The minimum atomic E-state index is -2.48. The number of carbonyl (C=O) groups is 2. The van der Waals surface area contributed by atoms with Crippen LogP contribution in [0, 0.1) is 0 Å². The van der Waals surface area contributed by atoms with Crippen LogP contribution in [0.3, 0.4) is 0 Å². The number of aliphatic hydroxyl groups is 3. The first kappa shape index (κ1) is 32.5. The number of nitrogens with zero attached hydrogens (tertiary/aromatic N) is 1. The lowest BCUT2D eigenvalue weighted by Crippen LogP contribution is -2.72. The molecule has 16 nitrogen and oxygen atoms in total. The molecule has 1 fully saturated rings. The highest BCUT2D eigenvalue weighted by atomic mass is 16.8. The Morgan fingerprint density at radius 1 is 1.15 bits per heavy atom. The van der Waals surface area contributed by atoms with Crippen molar-refractivity contribution < 1.29 is 58.6 Å². The first-order valence-electron chi connectivity index (χ1n) is 14.6. The van der Waals surface area contributed by atoms with Crippen LogP contribution in [0.1, 0.15) is 0 Å². The fourth-order valence-electron chi connectivity index (χ4n) is 5.45. The highest BCUT2D eigenvalue weighted by Crippen LogP contribution is 2.34. The average Bonchev–Trinajstić information content (AvgIpc) is 3.67. The van der Waals surface area contributed by atoms with Crippen LogP contribution in [-0.4, -0.2) is 104 Å². The largest absolute Gasteiger partial charge is 0.508 e. The van der Waals surface area contributed by atoms with E-state index in [1.165, 1.54) is 48.4 Å². The van der Waals surface area contributed by atoms with Gasteiger partial charge < -0.3 is 54.0 Å². The van der Waals surface area contributed by atoms with Gasteiger partial charge in [0.05, 0.1) is 35.5 Å². The Balaban J connectivity index is 1.32. The van der Waals surface area contributed by atoms with Gasteiger partial charge in [0.1, 0.15) is 42.2 Å². The first-order valence-corrected chi connectivity index (χ1v) is 14.6. The number of phenolic OH excluding ortho intramolecular Hbond substituents is 1. The number of aromatic amines is 1. The molecule has 0 spiro atoms. The molecule has 6 atom stereocenters. The van der Waals surface area contributed by atoms with Gasteiger partial charge in [-0.1, -0.05) is 12.1 Å². The quantitative estimate of drug-likeness (QED) is 0.0745. The normalized spacial score (nSPS) is 23.2. The minimum absolute atomic E-state index is 0.0377. The zero-order chi connectivity index (χ0) is 34.2. The molecule has 5 aromatic rings. The van der Waals surface area contributed by atoms with Gasteiger partial charge in [0.15, 0.2) is 11.0 Å². The summed E-state index contributed by atoms with van der Waals surface area (Å²) in [4.78, 5) is 46.0. The average molecular weight is 666 g/mol. The van der Waals surface area contributed by atoms with E-state index in [1.54, 1.807) is 36.8 Å². The third-order valence-corrected chi connectivity index (χ3v) is 8.07. The number of benzene rings is 2. The molecular formula is C32H31N3O13. The molecule has 6 rings (SSSR count). The van der Waals surface area contributed by atoms with Crippen LogP contribution in [0.15, 0.2) is 82.6 Å².